The zero-order valence-electron chi connectivity index (χ0n) is 52.8. The average Bonchev–Trinajstić information content (AvgIpc) is 3.46. The van der Waals surface area contributed by atoms with E-state index in [4.69, 9.17) is 14.2 Å². The lowest BCUT2D eigenvalue weighted by Crippen LogP contribution is -2.30. The summed E-state index contributed by atoms with van der Waals surface area (Å²) in [5, 5.41) is 0. The first-order valence-corrected chi connectivity index (χ1v) is 34.2. The van der Waals surface area contributed by atoms with Gasteiger partial charge in [-0.1, -0.05) is 311 Å². The predicted molar refractivity (Wildman–Crippen MR) is 348 cm³/mol. The summed E-state index contributed by atoms with van der Waals surface area (Å²) in [6, 6.07) is 0. The Kier molecular flexibility index (Phi) is 64.7. The van der Waals surface area contributed by atoms with Gasteiger partial charge in [0.25, 0.3) is 0 Å². The zero-order valence-corrected chi connectivity index (χ0v) is 52.8. The van der Waals surface area contributed by atoms with Crippen molar-refractivity contribution in [3.05, 3.63) is 97.2 Å². The molecule has 1 atom stereocenters. The Balaban J connectivity index is 4.29. The molecule has 0 N–H and O–H groups in total. The van der Waals surface area contributed by atoms with Gasteiger partial charge in [0, 0.05) is 19.3 Å². The van der Waals surface area contributed by atoms with Gasteiger partial charge in [0.15, 0.2) is 6.10 Å². The Labute approximate surface area is 496 Å². The number of hydrogen-bond acceptors (Lipinski definition) is 6. The lowest BCUT2D eigenvalue weighted by atomic mass is 10.0. The molecule has 6 nitrogen and oxygen atoms in total. The highest BCUT2D eigenvalue weighted by Gasteiger charge is 2.19. The summed E-state index contributed by atoms with van der Waals surface area (Å²) < 4.78 is 16.9. The minimum Gasteiger partial charge on any atom is -0.462 e. The minimum absolute atomic E-state index is 0.0823. The van der Waals surface area contributed by atoms with Crippen LogP contribution < -0.4 is 0 Å². The standard InChI is InChI=1S/C74H128O6/c1-4-7-10-13-16-19-22-25-27-29-31-33-34-35-36-37-38-39-40-42-43-45-47-49-52-55-58-61-64-67-73(76)79-70-71(69-78-72(75)66-63-60-57-54-51-24-21-18-15-12-9-6-3)80-74(77)68-65-62-59-56-53-50-48-46-44-41-32-30-28-26-23-20-17-14-11-8-5-2/h7,10,16,18-19,21,25,27,31,33,35-36,38-39,42-43,71H,4-6,8-9,11-15,17,20,22-24,26,28-30,32,34,37,40-41,44-70H2,1-3H3/b10-7-,19-16-,21-18-,27-25-,33-31-,36-35-,39-38-,43-42-. The van der Waals surface area contributed by atoms with Gasteiger partial charge in [-0.3, -0.25) is 14.4 Å². The molecule has 460 valence electrons. The van der Waals surface area contributed by atoms with Gasteiger partial charge < -0.3 is 14.2 Å². The van der Waals surface area contributed by atoms with Crippen molar-refractivity contribution in [3.63, 3.8) is 0 Å². The molecule has 0 amide bonds. The summed E-state index contributed by atoms with van der Waals surface area (Å²) in [4.78, 5) is 38.4. The maximum Gasteiger partial charge on any atom is 0.306 e. The van der Waals surface area contributed by atoms with Crippen LogP contribution in [0.1, 0.15) is 335 Å². The summed E-state index contributed by atoms with van der Waals surface area (Å²) in [6.45, 7) is 6.53. The Morgan fingerprint density at radius 2 is 0.487 bits per heavy atom. The number of carbonyl (C=O) groups is 3. The number of esters is 3. The molecular formula is C74H128O6. The molecule has 0 aliphatic heterocycles. The molecule has 0 aromatic carbocycles. The number of carbonyl (C=O) groups excluding carboxylic acids is 3. The van der Waals surface area contributed by atoms with Crippen molar-refractivity contribution >= 4 is 17.9 Å². The predicted octanol–water partition coefficient (Wildman–Crippen LogP) is 23.6. The molecule has 0 aromatic rings. The van der Waals surface area contributed by atoms with Crippen LogP contribution in [0, 0.1) is 0 Å². The van der Waals surface area contributed by atoms with Crippen molar-refractivity contribution in [1.82, 2.24) is 0 Å². The summed E-state index contributed by atoms with van der Waals surface area (Å²) in [5.41, 5.74) is 0. The van der Waals surface area contributed by atoms with Crippen LogP contribution in [-0.2, 0) is 28.6 Å². The van der Waals surface area contributed by atoms with Crippen molar-refractivity contribution in [2.45, 2.75) is 341 Å². The van der Waals surface area contributed by atoms with Crippen molar-refractivity contribution in [3.8, 4) is 0 Å². The van der Waals surface area contributed by atoms with E-state index in [1.165, 1.54) is 180 Å². The molecule has 0 fully saturated rings. The summed E-state index contributed by atoms with van der Waals surface area (Å²) in [6.07, 6.45) is 91.4. The van der Waals surface area contributed by atoms with Gasteiger partial charge in [0.2, 0.25) is 0 Å². The lowest BCUT2D eigenvalue weighted by molar-refractivity contribution is -0.167. The number of unbranched alkanes of at least 4 members (excludes halogenated alkanes) is 35. The van der Waals surface area contributed by atoms with Gasteiger partial charge in [-0.25, -0.2) is 0 Å². The fourth-order valence-electron chi connectivity index (χ4n) is 9.71. The van der Waals surface area contributed by atoms with Gasteiger partial charge >= 0.3 is 17.9 Å². The SMILES string of the molecule is CC/C=C\C/C=C\C/C=C\C/C=C\C/C=C\C/C=C\C/C=C\CCCCCCCCCC(=O)OCC(COC(=O)CCCCCCC/C=C\CCCCC)OC(=O)CCCCCCCCCCCCCCCCCCCCCCC. The quantitative estimate of drug-likeness (QED) is 0.0261. The lowest BCUT2D eigenvalue weighted by Gasteiger charge is -2.18. The van der Waals surface area contributed by atoms with Crippen molar-refractivity contribution in [2.24, 2.45) is 0 Å². The molecule has 0 spiro atoms. The van der Waals surface area contributed by atoms with E-state index in [1.54, 1.807) is 0 Å². The van der Waals surface area contributed by atoms with Gasteiger partial charge in [-0.05, 0) is 103 Å². The first kappa shape index (κ1) is 76.3. The Morgan fingerprint density at radius 1 is 0.263 bits per heavy atom. The monoisotopic (exact) mass is 1110 g/mol. The van der Waals surface area contributed by atoms with E-state index in [1.807, 2.05) is 0 Å². The maximum atomic E-state index is 12.9. The van der Waals surface area contributed by atoms with Crippen molar-refractivity contribution in [1.29, 1.82) is 0 Å². The highest BCUT2D eigenvalue weighted by atomic mass is 16.6. The normalized spacial score (nSPS) is 12.7. The molecule has 0 heterocycles. The number of hydrogen-bond donors (Lipinski definition) is 0. The Bertz CT molecular complexity index is 1560. The highest BCUT2D eigenvalue weighted by molar-refractivity contribution is 5.71. The van der Waals surface area contributed by atoms with Crippen LogP contribution in [0.4, 0.5) is 0 Å². The van der Waals surface area contributed by atoms with E-state index >= 15 is 0 Å². The molecule has 0 saturated heterocycles. The van der Waals surface area contributed by atoms with Gasteiger partial charge in [0.1, 0.15) is 13.2 Å². The van der Waals surface area contributed by atoms with Crippen molar-refractivity contribution < 1.29 is 28.6 Å². The van der Waals surface area contributed by atoms with Crippen LogP contribution in [-0.4, -0.2) is 37.2 Å². The van der Waals surface area contributed by atoms with Crippen LogP contribution in [0.5, 0.6) is 0 Å². The molecule has 0 rings (SSSR count). The molecule has 0 aliphatic carbocycles. The fourth-order valence-corrected chi connectivity index (χ4v) is 9.71. The Morgan fingerprint density at radius 3 is 0.800 bits per heavy atom. The number of allylic oxidation sites excluding steroid dienone is 16. The third kappa shape index (κ3) is 65.1. The largest absolute Gasteiger partial charge is 0.462 e. The number of rotatable bonds is 62. The van der Waals surface area contributed by atoms with Gasteiger partial charge in [-0.2, -0.15) is 0 Å². The van der Waals surface area contributed by atoms with E-state index in [-0.39, 0.29) is 31.1 Å². The second-order valence-corrected chi connectivity index (χ2v) is 22.7. The summed E-state index contributed by atoms with van der Waals surface area (Å²) in [5.74, 6) is -0.887. The molecule has 80 heavy (non-hydrogen) atoms. The van der Waals surface area contributed by atoms with Gasteiger partial charge in [0.05, 0.1) is 0 Å². The van der Waals surface area contributed by atoms with E-state index in [0.717, 1.165) is 116 Å². The van der Waals surface area contributed by atoms with E-state index in [9.17, 15) is 14.4 Å². The second kappa shape index (κ2) is 67.8. The summed E-state index contributed by atoms with van der Waals surface area (Å²) in [7, 11) is 0. The molecule has 0 saturated carbocycles. The van der Waals surface area contributed by atoms with Crippen LogP contribution >= 0.6 is 0 Å². The maximum absolute atomic E-state index is 12.9. The first-order chi connectivity index (χ1) is 39.5. The highest BCUT2D eigenvalue weighted by Crippen LogP contribution is 2.17. The molecule has 0 aromatic heterocycles. The first-order valence-electron chi connectivity index (χ1n) is 34.2. The minimum atomic E-state index is -0.785. The topological polar surface area (TPSA) is 78.9 Å². The average molecular weight is 1110 g/mol. The third-order valence-electron chi connectivity index (χ3n) is 14.8. The zero-order chi connectivity index (χ0) is 57.8. The molecule has 0 bridgehead atoms. The van der Waals surface area contributed by atoms with Crippen molar-refractivity contribution in [2.75, 3.05) is 13.2 Å². The van der Waals surface area contributed by atoms with E-state index < -0.39 is 6.10 Å². The molecule has 0 radical (unpaired) electrons. The molecular weight excluding hydrogens is 985 g/mol. The smallest absolute Gasteiger partial charge is 0.306 e. The van der Waals surface area contributed by atoms with E-state index in [0.29, 0.717) is 19.3 Å². The fraction of sp³-hybridized carbons (Fsp3) is 0.743. The Hall–Kier alpha value is -3.67. The number of ether oxygens (including phenoxy) is 3. The van der Waals surface area contributed by atoms with Crippen LogP contribution in [0.15, 0.2) is 97.2 Å². The molecule has 0 aliphatic rings. The van der Waals surface area contributed by atoms with E-state index in [2.05, 4.69) is 118 Å². The van der Waals surface area contributed by atoms with Crippen LogP contribution in [0.3, 0.4) is 0 Å². The van der Waals surface area contributed by atoms with Crippen LogP contribution in [0.25, 0.3) is 0 Å². The molecule has 6 heteroatoms. The molecule has 1 unspecified atom stereocenters. The summed E-state index contributed by atoms with van der Waals surface area (Å²) >= 11 is 0. The van der Waals surface area contributed by atoms with Gasteiger partial charge in [-0.15, -0.1) is 0 Å². The third-order valence-corrected chi connectivity index (χ3v) is 14.8. The van der Waals surface area contributed by atoms with Crippen LogP contribution in [0.2, 0.25) is 0 Å². The second-order valence-electron chi connectivity index (χ2n) is 22.7.